The molecule has 1 aliphatic rings. The second kappa shape index (κ2) is 4.34. The number of carbonyl (C=O) groups is 2. The van der Waals surface area contributed by atoms with E-state index < -0.39 is 49.1 Å². The SMILES string of the molecule is O=C(O)[C@H]1C[C@@H](O)CN1C(=O)C(F)(F)C(F)(F)F. The summed E-state index contributed by atoms with van der Waals surface area (Å²) in [5.74, 6) is -10.1. The number of halogens is 5. The van der Waals surface area contributed by atoms with E-state index in [4.69, 9.17) is 10.2 Å². The zero-order valence-electron chi connectivity index (χ0n) is 8.62. The number of nitrogens with zero attached hydrogens (tertiary/aromatic N) is 1. The van der Waals surface area contributed by atoms with Crippen molar-refractivity contribution >= 4 is 11.9 Å². The maximum atomic E-state index is 12.7. The van der Waals surface area contributed by atoms with Gasteiger partial charge in [-0.3, -0.25) is 4.79 Å². The number of likely N-dealkylation sites (tertiary alicyclic amines) is 1. The van der Waals surface area contributed by atoms with Crippen molar-refractivity contribution in [1.29, 1.82) is 0 Å². The molecule has 2 atom stereocenters. The van der Waals surface area contributed by atoms with Crippen molar-refractivity contribution in [2.24, 2.45) is 0 Å². The van der Waals surface area contributed by atoms with Gasteiger partial charge in [-0.15, -0.1) is 0 Å². The fourth-order valence-corrected chi connectivity index (χ4v) is 1.57. The van der Waals surface area contributed by atoms with Gasteiger partial charge in [0, 0.05) is 13.0 Å². The summed E-state index contributed by atoms with van der Waals surface area (Å²) in [6.45, 7) is -0.874. The van der Waals surface area contributed by atoms with Gasteiger partial charge in [0.2, 0.25) is 0 Å². The van der Waals surface area contributed by atoms with Crippen molar-refractivity contribution < 1.29 is 41.8 Å². The van der Waals surface area contributed by atoms with Gasteiger partial charge in [-0.25, -0.2) is 4.79 Å². The van der Waals surface area contributed by atoms with Gasteiger partial charge in [0.05, 0.1) is 6.10 Å². The molecule has 0 unspecified atom stereocenters. The molecule has 1 heterocycles. The molecule has 1 amide bonds. The molecule has 1 fully saturated rings. The van der Waals surface area contributed by atoms with Crippen LogP contribution in [-0.4, -0.2) is 57.8 Å². The van der Waals surface area contributed by atoms with Gasteiger partial charge < -0.3 is 15.1 Å². The number of amides is 1. The van der Waals surface area contributed by atoms with Gasteiger partial charge >= 0.3 is 24.0 Å². The molecule has 0 bridgehead atoms. The summed E-state index contributed by atoms with van der Waals surface area (Å²) in [5, 5.41) is 17.6. The first kappa shape index (κ1) is 14.6. The first-order valence-corrected chi connectivity index (χ1v) is 4.65. The summed E-state index contributed by atoms with van der Waals surface area (Å²) < 4.78 is 61.4. The smallest absolute Gasteiger partial charge is 0.463 e. The third kappa shape index (κ3) is 2.37. The number of carboxylic acid groups (broad SMARTS) is 1. The fraction of sp³-hybridized carbons (Fsp3) is 0.750. The predicted octanol–water partition coefficient (Wildman–Crippen LogP) is 0.230. The number of hydrogen-bond acceptors (Lipinski definition) is 3. The summed E-state index contributed by atoms with van der Waals surface area (Å²) >= 11 is 0. The van der Waals surface area contributed by atoms with Crippen LogP contribution in [0.2, 0.25) is 0 Å². The van der Waals surface area contributed by atoms with Crippen molar-refractivity contribution in [1.82, 2.24) is 4.90 Å². The maximum Gasteiger partial charge on any atom is 0.463 e. The molecule has 1 saturated heterocycles. The number of alkyl halides is 5. The van der Waals surface area contributed by atoms with Crippen LogP contribution in [0.3, 0.4) is 0 Å². The van der Waals surface area contributed by atoms with Crippen LogP contribution >= 0.6 is 0 Å². The number of aliphatic hydroxyl groups excluding tert-OH is 1. The largest absolute Gasteiger partial charge is 0.480 e. The van der Waals surface area contributed by atoms with Gasteiger partial charge in [-0.05, 0) is 0 Å². The van der Waals surface area contributed by atoms with E-state index in [9.17, 15) is 31.5 Å². The number of rotatable bonds is 2. The Morgan fingerprint density at radius 1 is 1.17 bits per heavy atom. The van der Waals surface area contributed by atoms with Gasteiger partial charge in [0.25, 0.3) is 0 Å². The molecule has 0 aromatic heterocycles. The standard InChI is InChI=1S/C8H8F5NO4/c9-7(10,8(11,12)13)6(18)14-2-3(15)1-4(14)5(16)17/h3-4,15H,1-2H2,(H,16,17)/t3-,4-/m1/s1. The molecule has 5 nitrogen and oxygen atoms in total. The quantitative estimate of drug-likeness (QED) is 0.708. The van der Waals surface area contributed by atoms with Crippen LogP contribution in [0, 0.1) is 0 Å². The third-order valence-corrected chi connectivity index (χ3v) is 2.45. The van der Waals surface area contributed by atoms with Gasteiger partial charge in [0.15, 0.2) is 0 Å². The molecule has 0 saturated carbocycles. The van der Waals surface area contributed by atoms with Crippen LogP contribution in [0.25, 0.3) is 0 Å². The molecule has 1 aliphatic heterocycles. The van der Waals surface area contributed by atoms with E-state index in [1.54, 1.807) is 0 Å². The van der Waals surface area contributed by atoms with Crippen molar-refractivity contribution in [2.75, 3.05) is 6.54 Å². The first-order valence-electron chi connectivity index (χ1n) is 4.65. The number of β-amino-alcohol motifs (C(OH)–C–C–N with tert-alkyl or cyclic N) is 1. The molecule has 0 aromatic carbocycles. The number of aliphatic carboxylic acids is 1. The van der Waals surface area contributed by atoms with Crippen LogP contribution in [0.1, 0.15) is 6.42 Å². The Balaban J connectivity index is 3.00. The zero-order chi connectivity index (χ0) is 14.3. The van der Waals surface area contributed by atoms with Crippen LogP contribution < -0.4 is 0 Å². The van der Waals surface area contributed by atoms with Gasteiger partial charge in [-0.1, -0.05) is 0 Å². The Morgan fingerprint density at radius 3 is 2.06 bits per heavy atom. The van der Waals surface area contributed by atoms with Crippen LogP contribution in [0.4, 0.5) is 22.0 Å². The summed E-state index contributed by atoms with van der Waals surface area (Å²) in [7, 11) is 0. The number of hydrogen-bond donors (Lipinski definition) is 2. The Hall–Kier alpha value is -1.45. The van der Waals surface area contributed by atoms with Crippen molar-refractivity contribution in [2.45, 2.75) is 30.7 Å². The minimum absolute atomic E-state index is 0.166. The molecule has 0 radical (unpaired) electrons. The van der Waals surface area contributed by atoms with E-state index >= 15 is 0 Å². The number of carbonyl (C=O) groups excluding carboxylic acids is 1. The lowest BCUT2D eigenvalue weighted by molar-refractivity contribution is -0.274. The summed E-state index contributed by atoms with van der Waals surface area (Å²) in [6.07, 6.45) is -8.14. The highest BCUT2D eigenvalue weighted by Crippen LogP contribution is 2.38. The Bertz CT molecular complexity index is 369. The highest BCUT2D eigenvalue weighted by atomic mass is 19.4. The molecule has 10 heteroatoms. The molecule has 1 rings (SSSR count). The monoisotopic (exact) mass is 277 g/mol. The minimum atomic E-state index is -6.11. The van der Waals surface area contributed by atoms with E-state index in [0.29, 0.717) is 0 Å². The Labute approximate surface area is 96.8 Å². The van der Waals surface area contributed by atoms with E-state index in [0.717, 1.165) is 0 Å². The lowest BCUT2D eigenvalue weighted by atomic mass is 10.2. The third-order valence-electron chi connectivity index (χ3n) is 2.45. The highest BCUT2D eigenvalue weighted by Gasteiger charge is 2.66. The molecular formula is C8H8F5NO4. The molecule has 0 aromatic rings. The van der Waals surface area contributed by atoms with Crippen LogP contribution in [-0.2, 0) is 9.59 Å². The van der Waals surface area contributed by atoms with Crippen LogP contribution in [0.15, 0.2) is 0 Å². The normalized spacial score (nSPS) is 25.3. The molecule has 2 N–H and O–H groups in total. The molecule has 104 valence electrons. The lowest BCUT2D eigenvalue weighted by Gasteiger charge is -2.27. The molecule has 0 aliphatic carbocycles. The molecule has 18 heavy (non-hydrogen) atoms. The Kier molecular flexibility index (Phi) is 3.52. The van der Waals surface area contributed by atoms with E-state index in [-0.39, 0.29) is 4.90 Å². The number of aliphatic hydroxyl groups is 1. The highest BCUT2D eigenvalue weighted by molar-refractivity contribution is 5.89. The van der Waals surface area contributed by atoms with Crippen molar-refractivity contribution in [3.05, 3.63) is 0 Å². The number of carboxylic acids is 1. The van der Waals surface area contributed by atoms with Gasteiger partial charge in [-0.2, -0.15) is 22.0 Å². The van der Waals surface area contributed by atoms with Crippen molar-refractivity contribution in [3.8, 4) is 0 Å². The van der Waals surface area contributed by atoms with E-state index in [2.05, 4.69) is 0 Å². The predicted molar refractivity (Wildman–Crippen MR) is 44.8 cm³/mol. The average Bonchev–Trinajstić information content (AvgIpc) is 2.57. The molecular weight excluding hydrogens is 269 g/mol. The van der Waals surface area contributed by atoms with E-state index in [1.807, 2.05) is 0 Å². The molecule has 0 spiro atoms. The average molecular weight is 277 g/mol. The summed E-state index contributed by atoms with van der Waals surface area (Å²) in [6, 6.07) is -1.89. The summed E-state index contributed by atoms with van der Waals surface area (Å²) in [4.78, 5) is 21.5. The summed E-state index contributed by atoms with van der Waals surface area (Å²) in [5.41, 5.74) is 0. The maximum absolute atomic E-state index is 12.7. The first-order chi connectivity index (χ1) is 7.98. The van der Waals surface area contributed by atoms with Crippen molar-refractivity contribution in [3.63, 3.8) is 0 Å². The zero-order valence-corrected chi connectivity index (χ0v) is 8.62. The van der Waals surface area contributed by atoms with Crippen LogP contribution in [0.5, 0.6) is 0 Å². The second-order valence-electron chi connectivity index (χ2n) is 3.77. The lowest BCUT2D eigenvalue weighted by Crippen LogP contribution is -2.54. The van der Waals surface area contributed by atoms with E-state index in [1.165, 1.54) is 0 Å². The fourth-order valence-electron chi connectivity index (χ4n) is 1.57. The Morgan fingerprint density at radius 2 is 1.67 bits per heavy atom. The topological polar surface area (TPSA) is 77.8 Å². The minimum Gasteiger partial charge on any atom is -0.480 e. The van der Waals surface area contributed by atoms with Gasteiger partial charge in [0.1, 0.15) is 6.04 Å². The second-order valence-corrected chi connectivity index (χ2v) is 3.77.